The average Bonchev–Trinajstić information content (AvgIpc) is 3.06. The normalized spacial score (nSPS) is 13.4. The third-order valence-electron chi connectivity index (χ3n) is 4.38. The van der Waals surface area contributed by atoms with E-state index < -0.39 is 0 Å². The van der Waals surface area contributed by atoms with Crippen molar-refractivity contribution >= 4 is 5.91 Å². The van der Waals surface area contributed by atoms with Crippen molar-refractivity contribution in [2.24, 2.45) is 0 Å². The highest BCUT2D eigenvalue weighted by Crippen LogP contribution is 2.12. The summed E-state index contributed by atoms with van der Waals surface area (Å²) in [7, 11) is 0. The summed E-state index contributed by atoms with van der Waals surface area (Å²) in [6.07, 6.45) is 23.0. The molecule has 1 rings (SSSR count). The fourth-order valence-electron chi connectivity index (χ4n) is 2.90. The van der Waals surface area contributed by atoms with Crippen LogP contribution >= 0.6 is 0 Å². The summed E-state index contributed by atoms with van der Waals surface area (Å²) >= 11 is 0. The molecule has 0 aromatic heterocycles. The zero-order valence-corrected chi connectivity index (χ0v) is 14.5. The first-order valence-corrected chi connectivity index (χ1v) is 9.48. The van der Waals surface area contributed by atoms with Crippen LogP contribution in [-0.2, 0) is 4.79 Å². The Morgan fingerprint density at radius 2 is 1.45 bits per heavy atom. The first-order chi connectivity index (χ1) is 10.8. The van der Waals surface area contributed by atoms with Crippen LogP contribution in [0.25, 0.3) is 0 Å². The fourth-order valence-corrected chi connectivity index (χ4v) is 2.90. The lowest BCUT2D eigenvalue weighted by Gasteiger charge is -2.06. The number of amides is 1. The molecule has 1 aliphatic carbocycles. The number of carbonyl (C=O) groups excluding carboxylic acids is 1. The smallest absolute Gasteiger partial charge is 0.247 e. The van der Waals surface area contributed by atoms with Crippen LogP contribution in [-0.4, -0.2) is 12.5 Å². The van der Waals surface area contributed by atoms with E-state index in [9.17, 15) is 4.79 Å². The Bertz CT molecular complexity index is 344. The topological polar surface area (TPSA) is 29.1 Å². The molecule has 0 bridgehead atoms. The number of rotatable bonds is 14. The molecule has 0 saturated heterocycles. The maximum atomic E-state index is 11.7. The molecule has 0 spiro atoms. The minimum absolute atomic E-state index is 0.119. The molecular weight excluding hydrogens is 270 g/mol. The zero-order chi connectivity index (χ0) is 15.9. The van der Waals surface area contributed by atoms with Gasteiger partial charge in [0.05, 0.1) is 0 Å². The maximum Gasteiger partial charge on any atom is 0.247 e. The molecule has 0 heterocycles. The predicted molar refractivity (Wildman–Crippen MR) is 95.9 cm³/mol. The molecule has 22 heavy (non-hydrogen) atoms. The largest absolute Gasteiger partial charge is 0.352 e. The second-order valence-electron chi connectivity index (χ2n) is 6.47. The third kappa shape index (κ3) is 9.81. The van der Waals surface area contributed by atoms with Crippen molar-refractivity contribution < 1.29 is 4.79 Å². The van der Waals surface area contributed by atoms with Crippen molar-refractivity contribution in [3.8, 4) is 0 Å². The van der Waals surface area contributed by atoms with Gasteiger partial charge >= 0.3 is 0 Å². The van der Waals surface area contributed by atoms with Gasteiger partial charge in [0, 0.05) is 12.1 Å². The number of allylic oxidation sites excluding steroid dienone is 3. The highest BCUT2D eigenvalue weighted by Gasteiger charge is 2.08. The van der Waals surface area contributed by atoms with Gasteiger partial charge in [0.15, 0.2) is 0 Å². The van der Waals surface area contributed by atoms with E-state index in [0.29, 0.717) is 0 Å². The van der Waals surface area contributed by atoms with Gasteiger partial charge in [-0.2, -0.15) is 0 Å². The molecule has 2 heteroatoms. The van der Waals surface area contributed by atoms with Crippen LogP contribution in [0.2, 0.25) is 0 Å². The average molecular weight is 306 g/mol. The van der Waals surface area contributed by atoms with Crippen molar-refractivity contribution in [2.75, 3.05) is 6.54 Å². The molecule has 0 unspecified atom stereocenters. The van der Waals surface area contributed by atoms with Gasteiger partial charge < -0.3 is 5.32 Å². The van der Waals surface area contributed by atoms with Crippen LogP contribution in [0.15, 0.2) is 23.8 Å². The number of unbranched alkanes of at least 4 members (excludes halogenated alkanes) is 11. The van der Waals surface area contributed by atoms with Crippen LogP contribution in [0.3, 0.4) is 0 Å². The van der Waals surface area contributed by atoms with Gasteiger partial charge in [-0.05, 0) is 12.8 Å². The first-order valence-electron chi connectivity index (χ1n) is 9.48. The SMILES string of the molecule is CCCCCCCCCCCCCCNC(=O)C1=CC=CC1. The summed E-state index contributed by atoms with van der Waals surface area (Å²) in [5.41, 5.74) is 0.902. The van der Waals surface area contributed by atoms with E-state index in [0.717, 1.165) is 25.0 Å². The standard InChI is InChI=1S/C20H35NO/c1-2-3-4-5-6-7-8-9-10-11-12-15-18-21-20(22)19-16-13-14-17-19/h13-14,16H,2-12,15,17-18H2,1H3,(H,21,22). The molecule has 1 aliphatic rings. The van der Waals surface area contributed by atoms with Crippen molar-refractivity contribution in [2.45, 2.75) is 90.4 Å². The van der Waals surface area contributed by atoms with Crippen LogP contribution in [0.5, 0.6) is 0 Å². The second kappa shape index (κ2) is 13.6. The molecule has 126 valence electrons. The van der Waals surface area contributed by atoms with E-state index in [4.69, 9.17) is 0 Å². The molecule has 2 nitrogen and oxygen atoms in total. The summed E-state index contributed by atoms with van der Waals surface area (Å²) in [5, 5.41) is 3.01. The number of hydrogen-bond acceptors (Lipinski definition) is 1. The quantitative estimate of drug-likeness (QED) is 0.410. The minimum atomic E-state index is 0.119. The summed E-state index contributed by atoms with van der Waals surface area (Å²) in [6, 6.07) is 0. The number of carbonyl (C=O) groups is 1. The van der Waals surface area contributed by atoms with Crippen molar-refractivity contribution in [3.05, 3.63) is 23.8 Å². The molecule has 0 aromatic rings. The Morgan fingerprint density at radius 3 is 1.95 bits per heavy atom. The summed E-state index contributed by atoms with van der Waals surface area (Å²) in [6.45, 7) is 3.10. The molecular formula is C20H35NO. The van der Waals surface area contributed by atoms with Crippen LogP contribution < -0.4 is 5.32 Å². The summed E-state index contributed by atoms with van der Waals surface area (Å²) in [5.74, 6) is 0.119. The van der Waals surface area contributed by atoms with Crippen molar-refractivity contribution in [1.82, 2.24) is 5.32 Å². The van der Waals surface area contributed by atoms with E-state index in [1.165, 1.54) is 70.6 Å². The summed E-state index contributed by atoms with van der Waals surface area (Å²) in [4.78, 5) is 11.7. The van der Waals surface area contributed by atoms with E-state index in [2.05, 4.69) is 12.2 Å². The third-order valence-corrected chi connectivity index (χ3v) is 4.38. The van der Waals surface area contributed by atoms with Crippen molar-refractivity contribution in [1.29, 1.82) is 0 Å². The number of nitrogens with one attached hydrogen (secondary N) is 1. The molecule has 1 amide bonds. The lowest BCUT2D eigenvalue weighted by atomic mass is 10.1. The van der Waals surface area contributed by atoms with Gasteiger partial charge in [0.25, 0.3) is 0 Å². The van der Waals surface area contributed by atoms with Gasteiger partial charge in [-0.1, -0.05) is 95.8 Å². The fraction of sp³-hybridized carbons (Fsp3) is 0.750. The molecule has 0 aromatic carbocycles. The Kier molecular flexibility index (Phi) is 11.7. The van der Waals surface area contributed by atoms with E-state index in [1.54, 1.807) is 0 Å². The van der Waals surface area contributed by atoms with Crippen LogP contribution in [0.1, 0.15) is 90.4 Å². The number of hydrogen-bond donors (Lipinski definition) is 1. The molecule has 0 saturated carbocycles. The van der Waals surface area contributed by atoms with Gasteiger partial charge in [-0.25, -0.2) is 0 Å². The zero-order valence-electron chi connectivity index (χ0n) is 14.5. The van der Waals surface area contributed by atoms with Crippen molar-refractivity contribution in [3.63, 3.8) is 0 Å². The van der Waals surface area contributed by atoms with Crippen LogP contribution in [0.4, 0.5) is 0 Å². The first kappa shape index (κ1) is 19.0. The molecule has 0 radical (unpaired) electrons. The molecule has 0 fully saturated rings. The monoisotopic (exact) mass is 305 g/mol. The highest BCUT2D eigenvalue weighted by atomic mass is 16.1. The Morgan fingerprint density at radius 1 is 0.909 bits per heavy atom. The molecule has 1 N–H and O–H groups in total. The van der Waals surface area contributed by atoms with Gasteiger partial charge in [-0.15, -0.1) is 0 Å². The lowest BCUT2D eigenvalue weighted by molar-refractivity contribution is -0.117. The second-order valence-corrected chi connectivity index (χ2v) is 6.47. The van der Waals surface area contributed by atoms with E-state index in [-0.39, 0.29) is 5.91 Å². The predicted octanol–water partition coefficient (Wildman–Crippen LogP) is 5.69. The van der Waals surface area contributed by atoms with Gasteiger partial charge in [0.2, 0.25) is 5.91 Å². The van der Waals surface area contributed by atoms with E-state index >= 15 is 0 Å². The van der Waals surface area contributed by atoms with Crippen LogP contribution in [0, 0.1) is 0 Å². The minimum Gasteiger partial charge on any atom is -0.352 e. The Labute approximate surface area is 137 Å². The van der Waals surface area contributed by atoms with Gasteiger partial charge in [0.1, 0.15) is 0 Å². The molecule has 0 aliphatic heterocycles. The Balaban J connectivity index is 1.75. The Hall–Kier alpha value is -1.05. The van der Waals surface area contributed by atoms with E-state index in [1.807, 2.05) is 18.2 Å². The lowest BCUT2D eigenvalue weighted by Crippen LogP contribution is -2.25. The maximum absolute atomic E-state index is 11.7. The van der Waals surface area contributed by atoms with Gasteiger partial charge in [-0.3, -0.25) is 4.79 Å². The highest BCUT2D eigenvalue weighted by molar-refractivity contribution is 5.94. The molecule has 0 atom stereocenters. The summed E-state index contributed by atoms with van der Waals surface area (Å²) < 4.78 is 0.